The van der Waals surface area contributed by atoms with Gasteiger partial charge in [0, 0.05) is 24.1 Å². The normalized spacial score (nSPS) is 20.3. The molecule has 2 rings (SSSR count). The van der Waals surface area contributed by atoms with Crippen LogP contribution < -0.4 is 11.1 Å². The van der Waals surface area contributed by atoms with Crippen molar-refractivity contribution in [2.24, 2.45) is 5.73 Å². The number of anilines is 1. The number of carboxylic acids is 1. The molecule has 1 aliphatic rings. The number of ether oxygens (including phenoxy) is 1. The van der Waals surface area contributed by atoms with E-state index in [4.69, 9.17) is 15.6 Å². The molecule has 1 atom stereocenters. The lowest BCUT2D eigenvalue weighted by atomic mass is 9.93. The average Bonchev–Trinajstić information content (AvgIpc) is 2.76. The summed E-state index contributed by atoms with van der Waals surface area (Å²) in [6.45, 7) is 3.58. The fraction of sp³-hybridized carbons (Fsp3) is 0.636. The molecule has 1 fully saturated rings. The summed E-state index contributed by atoms with van der Waals surface area (Å²) in [5.41, 5.74) is 5.87. The first-order valence-electron chi connectivity index (χ1n) is 5.80. The maximum atomic E-state index is 10.8. The molecule has 1 saturated heterocycles. The molecule has 1 aliphatic heterocycles. The van der Waals surface area contributed by atoms with Gasteiger partial charge in [0.1, 0.15) is 6.04 Å². The molecule has 100 valence electrons. The number of rotatable bonds is 4. The molecule has 1 aromatic heterocycles. The van der Waals surface area contributed by atoms with E-state index >= 15 is 0 Å². The zero-order chi connectivity index (χ0) is 13.2. The van der Waals surface area contributed by atoms with Crippen LogP contribution in [-0.2, 0) is 9.53 Å². The molecule has 4 N–H and O–H groups in total. The van der Waals surface area contributed by atoms with E-state index in [9.17, 15) is 4.79 Å². The SMILES string of the molecule is CC1(Nc2nc(C(N)C(=O)O)cs2)CCOCC1. The van der Waals surface area contributed by atoms with Gasteiger partial charge in [0.25, 0.3) is 0 Å². The topological polar surface area (TPSA) is 97.5 Å². The van der Waals surface area contributed by atoms with Crippen molar-refractivity contribution in [1.82, 2.24) is 4.98 Å². The summed E-state index contributed by atoms with van der Waals surface area (Å²) in [5, 5.41) is 14.6. The van der Waals surface area contributed by atoms with Crippen LogP contribution in [0.25, 0.3) is 0 Å². The number of thiazole rings is 1. The molecule has 0 amide bonds. The zero-order valence-corrected chi connectivity index (χ0v) is 11.0. The van der Waals surface area contributed by atoms with Gasteiger partial charge in [-0.1, -0.05) is 0 Å². The fourth-order valence-electron chi connectivity index (χ4n) is 1.82. The van der Waals surface area contributed by atoms with E-state index in [0.29, 0.717) is 10.8 Å². The van der Waals surface area contributed by atoms with Crippen molar-refractivity contribution in [2.75, 3.05) is 18.5 Å². The Balaban J connectivity index is 2.04. The summed E-state index contributed by atoms with van der Waals surface area (Å²) in [4.78, 5) is 15.0. The summed E-state index contributed by atoms with van der Waals surface area (Å²) >= 11 is 1.38. The Hall–Kier alpha value is -1.18. The minimum absolute atomic E-state index is 0.0410. The monoisotopic (exact) mass is 271 g/mol. The fourth-order valence-corrected chi connectivity index (χ4v) is 2.71. The predicted molar refractivity (Wildman–Crippen MR) is 68.8 cm³/mol. The molecule has 0 radical (unpaired) electrons. The lowest BCUT2D eigenvalue weighted by molar-refractivity contribution is -0.138. The second-order valence-corrected chi connectivity index (χ2v) is 5.55. The van der Waals surface area contributed by atoms with Crippen molar-refractivity contribution in [3.8, 4) is 0 Å². The number of hydrogen-bond acceptors (Lipinski definition) is 6. The van der Waals surface area contributed by atoms with Gasteiger partial charge in [-0.25, -0.2) is 4.98 Å². The molecule has 1 unspecified atom stereocenters. The lowest BCUT2D eigenvalue weighted by Gasteiger charge is -2.34. The van der Waals surface area contributed by atoms with Crippen LogP contribution in [0.15, 0.2) is 5.38 Å². The average molecular weight is 271 g/mol. The first-order valence-corrected chi connectivity index (χ1v) is 6.68. The molecule has 18 heavy (non-hydrogen) atoms. The number of nitrogens with zero attached hydrogens (tertiary/aromatic N) is 1. The number of hydrogen-bond donors (Lipinski definition) is 3. The quantitative estimate of drug-likeness (QED) is 0.761. The Morgan fingerprint density at radius 2 is 2.33 bits per heavy atom. The van der Waals surface area contributed by atoms with Crippen molar-refractivity contribution in [3.05, 3.63) is 11.1 Å². The van der Waals surface area contributed by atoms with Gasteiger partial charge in [-0.3, -0.25) is 4.79 Å². The van der Waals surface area contributed by atoms with Crippen LogP contribution in [-0.4, -0.2) is 34.8 Å². The summed E-state index contributed by atoms with van der Waals surface area (Å²) in [7, 11) is 0. The third-order valence-corrected chi connectivity index (χ3v) is 3.89. The van der Waals surface area contributed by atoms with Crippen molar-refractivity contribution in [3.63, 3.8) is 0 Å². The third kappa shape index (κ3) is 2.98. The molecular weight excluding hydrogens is 254 g/mol. The van der Waals surface area contributed by atoms with Crippen molar-refractivity contribution in [1.29, 1.82) is 0 Å². The highest BCUT2D eigenvalue weighted by Gasteiger charge is 2.28. The summed E-state index contributed by atoms with van der Waals surface area (Å²) in [6.07, 6.45) is 1.82. The molecule has 0 aromatic carbocycles. The molecule has 6 nitrogen and oxygen atoms in total. The molecule has 0 bridgehead atoms. The standard InChI is InChI=1S/C11H17N3O3S/c1-11(2-4-17-5-3-11)14-10-13-7(6-18-10)8(12)9(15)16/h6,8H,2-5,12H2,1H3,(H,13,14)(H,15,16). The van der Waals surface area contributed by atoms with Gasteiger partial charge >= 0.3 is 5.97 Å². The smallest absolute Gasteiger partial charge is 0.326 e. The molecule has 0 spiro atoms. The summed E-state index contributed by atoms with van der Waals surface area (Å²) in [6, 6.07) is -1.06. The Morgan fingerprint density at radius 1 is 1.67 bits per heavy atom. The van der Waals surface area contributed by atoms with Crippen LogP contribution in [0.2, 0.25) is 0 Å². The molecule has 7 heteroatoms. The predicted octanol–water partition coefficient (Wildman–Crippen LogP) is 1.21. The number of nitrogens with two attached hydrogens (primary N) is 1. The highest BCUT2D eigenvalue weighted by Crippen LogP contribution is 2.28. The van der Waals surface area contributed by atoms with Gasteiger partial charge in [-0.05, 0) is 19.8 Å². The zero-order valence-electron chi connectivity index (χ0n) is 10.2. The van der Waals surface area contributed by atoms with Gasteiger partial charge in [0.05, 0.1) is 5.69 Å². The van der Waals surface area contributed by atoms with Gasteiger partial charge < -0.3 is 20.9 Å². The summed E-state index contributed by atoms with van der Waals surface area (Å²) < 4.78 is 5.32. The Bertz CT molecular complexity index is 429. The number of carboxylic acid groups (broad SMARTS) is 1. The Morgan fingerprint density at radius 3 is 2.94 bits per heavy atom. The molecule has 2 heterocycles. The van der Waals surface area contributed by atoms with E-state index in [1.165, 1.54) is 11.3 Å². The first-order chi connectivity index (χ1) is 8.50. The minimum Gasteiger partial charge on any atom is -0.480 e. The minimum atomic E-state index is -1.07. The maximum Gasteiger partial charge on any atom is 0.326 e. The number of carbonyl (C=O) groups is 1. The van der Waals surface area contributed by atoms with Crippen LogP contribution in [0.1, 0.15) is 31.5 Å². The number of aromatic nitrogens is 1. The number of nitrogens with one attached hydrogen (secondary N) is 1. The summed E-state index contributed by atoms with van der Waals surface area (Å²) in [5.74, 6) is -1.07. The maximum absolute atomic E-state index is 10.8. The second kappa shape index (κ2) is 5.21. The van der Waals surface area contributed by atoms with Crippen LogP contribution in [0, 0.1) is 0 Å². The molecule has 0 saturated carbocycles. The van der Waals surface area contributed by atoms with Gasteiger partial charge in [0.2, 0.25) is 0 Å². The second-order valence-electron chi connectivity index (χ2n) is 4.69. The van der Waals surface area contributed by atoms with E-state index in [1.54, 1.807) is 5.38 Å². The van der Waals surface area contributed by atoms with Crippen LogP contribution in [0.5, 0.6) is 0 Å². The largest absolute Gasteiger partial charge is 0.480 e. The van der Waals surface area contributed by atoms with Crippen molar-refractivity contribution >= 4 is 22.4 Å². The van der Waals surface area contributed by atoms with E-state index < -0.39 is 12.0 Å². The van der Waals surface area contributed by atoms with Crippen molar-refractivity contribution in [2.45, 2.75) is 31.3 Å². The molecular formula is C11H17N3O3S. The third-order valence-electron chi connectivity index (χ3n) is 3.11. The number of aliphatic carboxylic acids is 1. The lowest BCUT2D eigenvalue weighted by Crippen LogP contribution is -2.40. The van der Waals surface area contributed by atoms with E-state index in [0.717, 1.165) is 26.1 Å². The van der Waals surface area contributed by atoms with E-state index in [2.05, 4.69) is 17.2 Å². The highest BCUT2D eigenvalue weighted by atomic mass is 32.1. The Labute approximate surface area is 109 Å². The molecule has 0 aliphatic carbocycles. The first kappa shape index (κ1) is 13.3. The highest BCUT2D eigenvalue weighted by molar-refractivity contribution is 7.13. The van der Waals surface area contributed by atoms with Crippen molar-refractivity contribution < 1.29 is 14.6 Å². The van der Waals surface area contributed by atoms with E-state index in [1.807, 2.05) is 0 Å². The van der Waals surface area contributed by atoms with E-state index in [-0.39, 0.29) is 5.54 Å². The van der Waals surface area contributed by atoms with Gasteiger partial charge in [-0.2, -0.15) is 0 Å². The Kier molecular flexibility index (Phi) is 3.84. The van der Waals surface area contributed by atoms with Crippen LogP contribution in [0.4, 0.5) is 5.13 Å². The van der Waals surface area contributed by atoms with Crippen LogP contribution >= 0.6 is 11.3 Å². The van der Waals surface area contributed by atoms with Crippen LogP contribution in [0.3, 0.4) is 0 Å². The molecule has 1 aromatic rings. The van der Waals surface area contributed by atoms with Gasteiger partial charge in [-0.15, -0.1) is 11.3 Å². The van der Waals surface area contributed by atoms with Gasteiger partial charge in [0.15, 0.2) is 5.13 Å².